The van der Waals surface area contributed by atoms with Crippen molar-refractivity contribution in [3.05, 3.63) is 35.4 Å². The molecule has 0 saturated carbocycles. The number of aliphatic hydroxyl groups excluding tert-OH is 1. The van der Waals surface area contributed by atoms with Crippen molar-refractivity contribution in [3.63, 3.8) is 0 Å². The highest BCUT2D eigenvalue weighted by molar-refractivity contribution is 5.34. The zero-order valence-electron chi connectivity index (χ0n) is 12.3. The summed E-state index contributed by atoms with van der Waals surface area (Å²) in [6.45, 7) is 2.26. The van der Waals surface area contributed by atoms with Gasteiger partial charge in [0.05, 0.1) is 6.10 Å². The molecule has 2 atom stereocenters. The van der Waals surface area contributed by atoms with E-state index in [0.29, 0.717) is 5.92 Å². The first-order valence-electron chi connectivity index (χ1n) is 8.08. The van der Waals surface area contributed by atoms with Gasteiger partial charge in [0.15, 0.2) is 0 Å². The Balaban J connectivity index is 1.63. The summed E-state index contributed by atoms with van der Waals surface area (Å²) in [7, 11) is 0. The van der Waals surface area contributed by atoms with E-state index in [1.54, 1.807) is 0 Å². The Morgan fingerprint density at radius 1 is 1.00 bits per heavy atom. The molecule has 0 spiro atoms. The van der Waals surface area contributed by atoms with Gasteiger partial charge in [-0.1, -0.05) is 76.1 Å². The molecule has 0 heterocycles. The van der Waals surface area contributed by atoms with E-state index >= 15 is 0 Å². The van der Waals surface area contributed by atoms with Gasteiger partial charge in [-0.15, -0.1) is 0 Å². The van der Waals surface area contributed by atoms with Crippen LogP contribution in [0.3, 0.4) is 0 Å². The summed E-state index contributed by atoms with van der Waals surface area (Å²) in [5, 5.41) is 10.3. The molecule has 0 saturated heterocycles. The van der Waals surface area contributed by atoms with Crippen molar-refractivity contribution >= 4 is 0 Å². The first-order chi connectivity index (χ1) is 9.33. The molecule has 1 nitrogen and oxygen atoms in total. The molecule has 0 radical (unpaired) electrons. The lowest BCUT2D eigenvalue weighted by Crippen LogP contribution is -2.06. The average molecular weight is 260 g/mol. The van der Waals surface area contributed by atoms with Crippen LogP contribution in [0, 0.1) is 5.92 Å². The van der Waals surface area contributed by atoms with Crippen molar-refractivity contribution in [1.29, 1.82) is 0 Å². The van der Waals surface area contributed by atoms with Gasteiger partial charge in [0, 0.05) is 0 Å². The van der Waals surface area contributed by atoms with Crippen molar-refractivity contribution in [1.82, 2.24) is 0 Å². The molecule has 1 N–H and O–H groups in total. The van der Waals surface area contributed by atoms with Crippen LogP contribution in [0.5, 0.6) is 0 Å². The topological polar surface area (TPSA) is 20.2 Å². The van der Waals surface area contributed by atoms with E-state index in [-0.39, 0.29) is 6.10 Å². The first kappa shape index (κ1) is 14.6. The molecule has 0 fully saturated rings. The fourth-order valence-electron chi connectivity index (χ4n) is 3.28. The smallest absolute Gasteiger partial charge is 0.0824 e. The highest BCUT2D eigenvalue weighted by atomic mass is 16.3. The lowest BCUT2D eigenvalue weighted by atomic mass is 9.95. The zero-order chi connectivity index (χ0) is 13.5. The molecule has 0 amide bonds. The second-order valence-electron chi connectivity index (χ2n) is 6.02. The summed E-state index contributed by atoms with van der Waals surface area (Å²) >= 11 is 0. The zero-order valence-corrected chi connectivity index (χ0v) is 12.3. The van der Waals surface area contributed by atoms with Crippen LogP contribution < -0.4 is 0 Å². The molecule has 1 aromatic carbocycles. The van der Waals surface area contributed by atoms with E-state index in [1.165, 1.54) is 62.5 Å². The number of unbranched alkanes of at least 4 members (excludes halogenated alkanes) is 6. The molecule has 2 unspecified atom stereocenters. The monoisotopic (exact) mass is 260 g/mol. The lowest BCUT2D eigenvalue weighted by Gasteiger charge is -2.14. The largest absolute Gasteiger partial charge is 0.388 e. The van der Waals surface area contributed by atoms with E-state index in [1.807, 2.05) is 6.07 Å². The van der Waals surface area contributed by atoms with Crippen LogP contribution in [0.4, 0.5) is 0 Å². The van der Waals surface area contributed by atoms with E-state index in [2.05, 4.69) is 25.1 Å². The maximum atomic E-state index is 10.3. The number of aliphatic hydroxyl groups is 1. The second kappa shape index (κ2) is 7.69. The normalized spacial score (nSPS) is 21.6. The minimum atomic E-state index is -0.212. The Morgan fingerprint density at radius 3 is 2.42 bits per heavy atom. The number of benzene rings is 1. The summed E-state index contributed by atoms with van der Waals surface area (Å²) in [4.78, 5) is 0. The predicted octanol–water partition coefficient (Wildman–Crippen LogP) is 5.03. The van der Waals surface area contributed by atoms with Gasteiger partial charge in [-0.3, -0.25) is 0 Å². The van der Waals surface area contributed by atoms with E-state index in [0.717, 1.165) is 6.42 Å². The average Bonchev–Trinajstić information content (AvgIpc) is 2.75. The van der Waals surface area contributed by atoms with Crippen LogP contribution in [0.2, 0.25) is 0 Å². The SMILES string of the molecule is CCCCCCCCCC1Cc2ccccc2C1O. The molecule has 1 aliphatic carbocycles. The number of rotatable bonds is 8. The molecular formula is C18H28O. The summed E-state index contributed by atoms with van der Waals surface area (Å²) in [6.07, 6.45) is 11.5. The molecule has 1 aliphatic rings. The van der Waals surface area contributed by atoms with Crippen molar-refractivity contribution in [2.45, 2.75) is 70.8 Å². The molecule has 1 heteroatoms. The number of hydrogen-bond donors (Lipinski definition) is 1. The highest BCUT2D eigenvalue weighted by Gasteiger charge is 2.29. The molecular weight excluding hydrogens is 232 g/mol. The van der Waals surface area contributed by atoms with Crippen LogP contribution in [0.25, 0.3) is 0 Å². The standard InChI is InChI=1S/C18H28O/c1-2-3-4-5-6-7-8-12-16-14-15-11-9-10-13-17(15)18(16)19/h9-11,13,16,18-19H,2-8,12,14H2,1H3. The molecule has 1 aromatic rings. The van der Waals surface area contributed by atoms with E-state index in [9.17, 15) is 5.11 Å². The maximum absolute atomic E-state index is 10.3. The Bertz CT molecular complexity index is 372. The van der Waals surface area contributed by atoms with Gasteiger partial charge in [0.2, 0.25) is 0 Å². The van der Waals surface area contributed by atoms with Gasteiger partial charge in [0.25, 0.3) is 0 Å². The van der Waals surface area contributed by atoms with Gasteiger partial charge in [-0.05, 0) is 29.9 Å². The fourth-order valence-corrected chi connectivity index (χ4v) is 3.28. The Labute approximate surface area is 118 Å². The summed E-state index contributed by atoms with van der Waals surface area (Å²) < 4.78 is 0. The Kier molecular flexibility index (Phi) is 5.91. The number of fused-ring (bicyclic) bond motifs is 1. The van der Waals surface area contributed by atoms with Crippen molar-refractivity contribution in [2.75, 3.05) is 0 Å². The van der Waals surface area contributed by atoms with Gasteiger partial charge in [-0.25, -0.2) is 0 Å². The third kappa shape index (κ3) is 4.07. The second-order valence-corrected chi connectivity index (χ2v) is 6.02. The summed E-state index contributed by atoms with van der Waals surface area (Å²) in [6, 6.07) is 8.38. The van der Waals surface area contributed by atoms with Gasteiger partial charge < -0.3 is 5.11 Å². The van der Waals surface area contributed by atoms with Crippen LogP contribution in [0.1, 0.15) is 75.5 Å². The number of hydrogen-bond acceptors (Lipinski definition) is 1. The van der Waals surface area contributed by atoms with Crippen LogP contribution in [-0.2, 0) is 6.42 Å². The third-order valence-corrected chi connectivity index (χ3v) is 4.48. The molecule has 19 heavy (non-hydrogen) atoms. The summed E-state index contributed by atoms with van der Waals surface area (Å²) in [5.41, 5.74) is 2.54. The Morgan fingerprint density at radius 2 is 1.68 bits per heavy atom. The van der Waals surface area contributed by atoms with E-state index in [4.69, 9.17) is 0 Å². The fraction of sp³-hybridized carbons (Fsp3) is 0.667. The van der Waals surface area contributed by atoms with Gasteiger partial charge in [-0.2, -0.15) is 0 Å². The van der Waals surface area contributed by atoms with Crippen LogP contribution in [-0.4, -0.2) is 5.11 Å². The first-order valence-corrected chi connectivity index (χ1v) is 8.08. The van der Waals surface area contributed by atoms with Crippen molar-refractivity contribution < 1.29 is 5.11 Å². The van der Waals surface area contributed by atoms with Crippen LogP contribution in [0.15, 0.2) is 24.3 Å². The highest BCUT2D eigenvalue weighted by Crippen LogP contribution is 2.38. The van der Waals surface area contributed by atoms with Gasteiger partial charge in [0.1, 0.15) is 0 Å². The van der Waals surface area contributed by atoms with Crippen LogP contribution >= 0.6 is 0 Å². The molecule has 0 aromatic heterocycles. The molecule has 2 rings (SSSR count). The van der Waals surface area contributed by atoms with E-state index < -0.39 is 0 Å². The minimum absolute atomic E-state index is 0.212. The quantitative estimate of drug-likeness (QED) is 0.650. The molecule has 106 valence electrons. The van der Waals surface area contributed by atoms with Gasteiger partial charge >= 0.3 is 0 Å². The molecule has 0 aliphatic heterocycles. The van der Waals surface area contributed by atoms with Crippen molar-refractivity contribution in [3.8, 4) is 0 Å². The predicted molar refractivity (Wildman–Crippen MR) is 81.2 cm³/mol. The molecule has 0 bridgehead atoms. The lowest BCUT2D eigenvalue weighted by molar-refractivity contribution is 0.116. The summed E-state index contributed by atoms with van der Waals surface area (Å²) in [5.74, 6) is 0.466. The Hall–Kier alpha value is -0.820. The third-order valence-electron chi connectivity index (χ3n) is 4.48. The minimum Gasteiger partial charge on any atom is -0.388 e. The van der Waals surface area contributed by atoms with Crippen molar-refractivity contribution in [2.24, 2.45) is 5.92 Å². The maximum Gasteiger partial charge on any atom is 0.0824 e.